The van der Waals surface area contributed by atoms with Crippen LogP contribution in [0, 0.1) is 11.3 Å². The van der Waals surface area contributed by atoms with E-state index in [4.69, 9.17) is 28.5 Å². The van der Waals surface area contributed by atoms with Crippen molar-refractivity contribution >= 4 is 15.7 Å². The Kier molecular flexibility index (Phi) is 15.2. The van der Waals surface area contributed by atoms with Gasteiger partial charge in [-0.1, -0.05) is 0 Å². The van der Waals surface area contributed by atoms with Gasteiger partial charge in [-0.3, -0.25) is 14.3 Å². The number of hydrogen-bond donors (Lipinski definition) is 1. The highest BCUT2D eigenvalue weighted by atomic mass is 31.2. The lowest BCUT2D eigenvalue weighted by Crippen LogP contribution is -2.42. The highest BCUT2D eigenvalue weighted by Gasteiger charge is 2.49. The van der Waals surface area contributed by atoms with Gasteiger partial charge in [0.25, 0.3) is 14.1 Å². The molecule has 0 bridgehead atoms. The summed E-state index contributed by atoms with van der Waals surface area (Å²) in [6.45, 7) is 13.3. The van der Waals surface area contributed by atoms with E-state index >= 15 is 0 Å². The molecule has 2 rings (SSSR count). The molecule has 15 heteroatoms. The molecule has 13 nitrogen and oxygen atoms in total. The van der Waals surface area contributed by atoms with Crippen molar-refractivity contribution in [1.82, 2.24) is 19.1 Å². The molecule has 2 heterocycles. The minimum atomic E-state index is -2.59. The number of aromatic nitrogens is 2. The second-order valence-electron chi connectivity index (χ2n) is 11.2. The van der Waals surface area contributed by atoms with Crippen LogP contribution >= 0.6 is 15.7 Å². The van der Waals surface area contributed by atoms with Crippen molar-refractivity contribution in [3.8, 4) is 6.07 Å². The first kappa shape index (κ1) is 36.5. The zero-order valence-corrected chi connectivity index (χ0v) is 27.8. The number of H-pyrrole nitrogens is 1. The third-order valence-corrected chi connectivity index (χ3v) is 9.10. The Hall–Kier alpha value is -1.71. The Morgan fingerprint density at radius 3 is 2.40 bits per heavy atom. The van der Waals surface area contributed by atoms with Crippen LogP contribution in [-0.4, -0.2) is 110 Å². The van der Waals surface area contributed by atoms with Crippen molar-refractivity contribution in [2.45, 2.75) is 70.7 Å². The van der Waals surface area contributed by atoms with E-state index in [1.54, 1.807) is 25.2 Å². The van der Waals surface area contributed by atoms with Gasteiger partial charge in [0.1, 0.15) is 25.5 Å². The fourth-order valence-electron chi connectivity index (χ4n) is 4.25. The predicted molar refractivity (Wildman–Crippen MR) is 163 cm³/mol. The summed E-state index contributed by atoms with van der Waals surface area (Å²) in [6, 6.07) is 3.42. The molecule has 1 saturated heterocycles. The summed E-state index contributed by atoms with van der Waals surface area (Å²) in [5.74, 6) is 1.59. The molecule has 1 aromatic rings. The quantitative estimate of drug-likeness (QED) is 0.188. The first-order valence-corrected chi connectivity index (χ1v) is 17.8. The molecule has 0 radical (unpaired) electrons. The molecule has 0 spiro atoms. The fraction of sp³-hybridized carbons (Fsp3) is 0.741. The number of nitrogens with zero attached hydrogens (tertiary/aromatic N) is 4. The summed E-state index contributed by atoms with van der Waals surface area (Å²) >= 11 is 0. The van der Waals surface area contributed by atoms with Crippen molar-refractivity contribution in [2.75, 3.05) is 60.4 Å². The maximum atomic E-state index is 12.8. The van der Waals surface area contributed by atoms with E-state index in [2.05, 4.69) is 15.7 Å². The van der Waals surface area contributed by atoms with Crippen molar-refractivity contribution in [1.29, 1.82) is 5.26 Å². The minimum absolute atomic E-state index is 0.0445. The SMILES string of the molecule is CC(C)N(C(C)C)P(OCCC#N)O[C@H]1[C@@H](OCCOCCN(C)C)[C@H](n2ccc(=O)[nH]c2=O)O[C@@H]1/C=C/P(C)(C)=O. The summed E-state index contributed by atoms with van der Waals surface area (Å²) < 4.78 is 47.1. The minimum Gasteiger partial charge on any atom is -0.378 e. The Morgan fingerprint density at radius 1 is 1.14 bits per heavy atom. The van der Waals surface area contributed by atoms with Crippen molar-refractivity contribution in [3.05, 3.63) is 45.0 Å². The first-order valence-electron chi connectivity index (χ1n) is 14.0. The van der Waals surface area contributed by atoms with E-state index < -0.39 is 51.5 Å². The normalized spacial score (nSPS) is 22.2. The lowest BCUT2D eigenvalue weighted by Gasteiger charge is -2.38. The van der Waals surface area contributed by atoms with Gasteiger partial charge in [-0.15, -0.1) is 0 Å². The van der Waals surface area contributed by atoms with Crippen LogP contribution in [0.4, 0.5) is 0 Å². The van der Waals surface area contributed by atoms with Gasteiger partial charge >= 0.3 is 5.69 Å². The number of likely N-dealkylation sites (N-methyl/N-ethyl adjacent to an activating group) is 1. The second-order valence-corrected chi connectivity index (χ2v) is 15.7. The first-order chi connectivity index (χ1) is 19.7. The van der Waals surface area contributed by atoms with Gasteiger partial charge in [0.15, 0.2) is 6.23 Å². The molecule has 1 aliphatic heterocycles. The Balaban J connectivity index is 2.51. The Morgan fingerprint density at radius 2 is 1.83 bits per heavy atom. The second kappa shape index (κ2) is 17.6. The lowest BCUT2D eigenvalue weighted by molar-refractivity contribution is -0.0800. The highest BCUT2D eigenvalue weighted by molar-refractivity contribution is 7.65. The molecule has 1 fully saturated rings. The van der Waals surface area contributed by atoms with Crippen LogP contribution in [0.3, 0.4) is 0 Å². The standard InChI is InChI=1S/C27H47N5O8P2/c1-20(2)32(21(3)4)41(38-15-9-12-28)40-24-22(11-19-42(7,8)35)39-26(31-13-10-23(33)29-27(31)34)25(24)37-18-17-36-16-14-30(5)6/h10-11,13,19-22,24-26H,9,14-18H2,1-8H3,(H,29,33,34)/b19-11+/t22-,24-,25-,26-,41?/m1/s1. The molecular formula is C27H47N5O8P2. The molecule has 42 heavy (non-hydrogen) atoms. The molecule has 0 amide bonds. The van der Waals surface area contributed by atoms with E-state index in [-0.39, 0.29) is 31.7 Å². The van der Waals surface area contributed by atoms with Crippen LogP contribution in [0.25, 0.3) is 0 Å². The summed E-state index contributed by atoms with van der Waals surface area (Å²) in [6.07, 6.45) is -0.177. The predicted octanol–water partition coefficient (Wildman–Crippen LogP) is 3.19. The highest BCUT2D eigenvalue weighted by Crippen LogP contribution is 2.51. The van der Waals surface area contributed by atoms with Gasteiger partial charge in [-0.05, 0) is 67.0 Å². The van der Waals surface area contributed by atoms with Crippen LogP contribution in [0.15, 0.2) is 33.7 Å². The van der Waals surface area contributed by atoms with E-state index in [1.165, 1.54) is 16.8 Å². The summed E-state index contributed by atoms with van der Waals surface area (Å²) in [5, 5.41) is 9.12. The van der Waals surface area contributed by atoms with Gasteiger partial charge < -0.3 is 32.7 Å². The third-order valence-electron chi connectivity index (χ3n) is 6.08. The third kappa shape index (κ3) is 11.8. The number of nitrogens with one attached hydrogen (secondary N) is 1. The van der Waals surface area contributed by atoms with Gasteiger partial charge in [-0.25, -0.2) is 9.46 Å². The zero-order chi connectivity index (χ0) is 31.4. The Bertz CT molecular complexity index is 1180. The fourth-order valence-corrected chi connectivity index (χ4v) is 6.59. The van der Waals surface area contributed by atoms with E-state index in [9.17, 15) is 14.2 Å². The molecular weight excluding hydrogens is 584 g/mol. The molecule has 0 aromatic carbocycles. The average molecular weight is 632 g/mol. The monoisotopic (exact) mass is 631 g/mol. The lowest BCUT2D eigenvalue weighted by atomic mass is 10.1. The number of rotatable bonds is 18. The molecule has 1 aliphatic rings. The molecule has 1 aromatic heterocycles. The molecule has 0 saturated carbocycles. The van der Waals surface area contributed by atoms with Crippen molar-refractivity contribution in [2.24, 2.45) is 0 Å². The molecule has 0 aliphatic carbocycles. The summed E-state index contributed by atoms with van der Waals surface area (Å²) in [7, 11) is -0.390. The van der Waals surface area contributed by atoms with Gasteiger partial charge in [0, 0.05) is 30.9 Å². The molecule has 5 atom stereocenters. The zero-order valence-electron chi connectivity index (χ0n) is 26.0. The molecule has 238 valence electrons. The van der Waals surface area contributed by atoms with E-state index in [0.29, 0.717) is 13.2 Å². The largest absolute Gasteiger partial charge is 0.378 e. The van der Waals surface area contributed by atoms with E-state index in [1.807, 2.05) is 46.7 Å². The Labute approximate surface area is 250 Å². The number of ether oxygens (including phenoxy) is 3. The van der Waals surface area contributed by atoms with Crippen LogP contribution in [0.2, 0.25) is 0 Å². The number of aromatic amines is 1. The van der Waals surface area contributed by atoms with Crippen LogP contribution < -0.4 is 11.2 Å². The average Bonchev–Trinajstić information content (AvgIpc) is 3.20. The summed E-state index contributed by atoms with van der Waals surface area (Å²) in [5.41, 5.74) is -1.20. The number of hydrogen-bond acceptors (Lipinski definition) is 11. The maximum absolute atomic E-state index is 12.8. The van der Waals surface area contributed by atoms with E-state index in [0.717, 1.165) is 6.54 Å². The van der Waals surface area contributed by atoms with Crippen molar-refractivity contribution in [3.63, 3.8) is 0 Å². The maximum Gasteiger partial charge on any atom is 0.330 e. The van der Waals surface area contributed by atoms with Crippen LogP contribution in [0.1, 0.15) is 40.3 Å². The van der Waals surface area contributed by atoms with Crippen LogP contribution in [0.5, 0.6) is 0 Å². The van der Waals surface area contributed by atoms with Crippen molar-refractivity contribution < 1.29 is 27.8 Å². The topological polar surface area (TPSA) is 148 Å². The van der Waals surface area contributed by atoms with Crippen LogP contribution in [-0.2, 0) is 27.8 Å². The molecule has 1 unspecified atom stereocenters. The summed E-state index contributed by atoms with van der Waals surface area (Å²) in [4.78, 5) is 28.9. The van der Waals surface area contributed by atoms with Gasteiger partial charge in [0.2, 0.25) is 0 Å². The smallest absolute Gasteiger partial charge is 0.330 e. The van der Waals surface area contributed by atoms with Gasteiger partial charge in [-0.2, -0.15) is 5.26 Å². The van der Waals surface area contributed by atoms with Gasteiger partial charge in [0.05, 0.1) is 38.9 Å². The number of nitriles is 1. The molecule has 1 N–H and O–H groups in total.